The Morgan fingerprint density at radius 3 is 2.45 bits per heavy atom. The summed E-state index contributed by atoms with van der Waals surface area (Å²) < 4.78 is 0. The summed E-state index contributed by atoms with van der Waals surface area (Å²) in [4.78, 5) is 3.25. The van der Waals surface area contributed by atoms with Crippen molar-refractivity contribution in [1.82, 2.24) is 4.90 Å². The van der Waals surface area contributed by atoms with E-state index < -0.39 is 0 Å². The van der Waals surface area contributed by atoms with Gasteiger partial charge in [0.25, 0.3) is 0 Å². The smallest absolute Gasteiger partial charge is 0.0746 e. The number of nitrogens with two attached hydrogens (primary N) is 1. The van der Waals surface area contributed by atoms with Gasteiger partial charge >= 0.3 is 0 Å². The molecule has 3 heteroatoms. The van der Waals surface area contributed by atoms with Crippen molar-refractivity contribution in [3.63, 3.8) is 0 Å². The van der Waals surface area contributed by atoms with E-state index in [1.165, 1.54) is 24.8 Å². The van der Waals surface area contributed by atoms with Crippen LogP contribution in [0.15, 0.2) is 30.3 Å². The van der Waals surface area contributed by atoms with Gasteiger partial charge < -0.3 is 5.73 Å². The topological polar surface area (TPSA) is 29.3 Å². The van der Waals surface area contributed by atoms with Crippen LogP contribution in [0.25, 0.3) is 0 Å². The zero-order valence-corrected chi connectivity index (χ0v) is 13.4. The van der Waals surface area contributed by atoms with Crippen molar-refractivity contribution in [3.8, 4) is 0 Å². The second kappa shape index (κ2) is 7.19. The van der Waals surface area contributed by atoms with Gasteiger partial charge in [-0.1, -0.05) is 56.4 Å². The van der Waals surface area contributed by atoms with E-state index in [2.05, 4.69) is 49.1 Å². The molecule has 0 aliphatic heterocycles. The van der Waals surface area contributed by atoms with Gasteiger partial charge in [0, 0.05) is 18.5 Å². The highest BCUT2D eigenvalue weighted by Gasteiger charge is 2.34. The minimum absolute atomic E-state index is 0.347. The predicted molar refractivity (Wildman–Crippen MR) is 89.8 cm³/mol. The standard InChI is InChI=1S/C17H26N2S/c1-13(2)10-11-19(15-8-9-15)16(12-17(18)20)14-6-4-3-5-7-14/h3-7,13,15-16H,8-12H2,1-2H3,(H2,18,20). The fourth-order valence-electron chi connectivity index (χ4n) is 2.70. The summed E-state index contributed by atoms with van der Waals surface area (Å²) in [5.74, 6) is 0.734. The van der Waals surface area contributed by atoms with Crippen LogP contribution >= 0.6 is 12.2 Å². The molecule has 1 aromatic carbocycles. The minimum atomic E-state index is 0.347. The molecule has 1 aliphatic rings. The molecule has 0 heterocycles. The van der Waals surface area contributed by atoms with Crippen LogP contribution in [0.2, 0.25) is 0 Å². The summed E-state index contributed by atoms with van der Waals surface area (Å²) in [5, 5.41) is 0. The zero-order chi connectivity index (χ0) is 14.5. The first kappa shape index (κ1) is 15.5. The molecule has 1 fully saturated rings. The first-order chi connectivity index (χ1) is 9.58. The highest BCUT2D eigenvalue weighted by atomic mass is 32.1. The third-order valence-corrected chi connectivity index (χ3v) is 4.13. The van der Waals surface area contributed by atoms with Crippen LogP contribution in [-0.2, 0) is 0 Å². The van der Waals surface area contributed by atoms with E-state index in [1.54, 1.807) is 0 Å². The first-order valence-corrected chi connectivity index (χ1v) is 8.07. The lowest BCUT2D eigenvalue weighted by Crippen LogP contribution is -2.34. The lowest BCUT2D eigenvalue weighted by atomic mass is 10.0. The van der Waals surface area contributed by atoms with Crippen LogP contribution in [0.4, 0.5) is 0 Å². The molecule has 0 spiro atoms. The van der Waals surface area contributed by atoms with Gasteiger partial charge in [-0.25, -0.2) is 0 Å². The van der Waals surface area contributed by atoms with E-state index in [-0.39, 0.29) is 0 Å². The molecular weight excluding hydrogens is 264 g/mol. The maximum absolute atomic E-state index is 5.85. The molecule has 1 atom stereocenters. The molecule has 0 amide bonds. The number of nitrogens with zero attached hydrogens (tertiary/aromatic N) is 1. The Balaban J connectivity index is 2.16. The summed E-state index contributed by atoms with van der Waals surface area (Å²) in [6.07, 6.45) is 4.66. The summed E-state index contributed by atoms with van der Waals surface area (Å²) >= 11 is 5.18. The second-order valence-electron chi connectivity index (χ2n) is 6.25. The van der Waals surface area contributed by atoms with Crippen molar-refractivity contribution in [2.45, 2.75) is 51.6 Å². The van der Waals surface area contributed by atoms with Crippen molar-refractivity contribution in [2.75, 3.05) is 6.54 Å². The lowest BCUT2D eigenvalue weighted by Gasteiger charge is -2.32. The van der Waals surface area contributed by atoms with Gasteiger partial charge in [0.15, 0.2) is 0 Å². The number of hydrogen-bond donors (Lipinski definition) is 1. The zero-order valence-electron chi connectivity index (χ0n) is 12.6. The highest BCUT2D eigenvalue weighted by molar-refractivity contribution is 7.80. The molecule has 1 saturated carbocycles. The highest BCUT2D eigenvalue weighted by Crippen LogP contribution is 2.36. The molecule has 0 bridgehead atoms. The lowest BCUT2D eigenvalue weighted by molar-refractivity contribution is 0.180. The van der Waals surface area contributed by atoms with Crippen LogP contribution in [0.3, 0.4) is 0 Å². The molecule has 1 aliphatic carbocycles. The van der Waals surface area contributed by atoms with Crippen molar-refractivity contribution < 1.29 is 0 Å². The summed E-state index contributed by atoms with van der Waals surface area (Å²) in [5.41, 5.74) is 7.19. The van der Waals surface area contributed by atoms with Crippen molar-refractivity contribution in [2.24, 2.45) is 11.7 Å². The van der Waals surface area contributed by atoms with Crippen molar-refractivity contribution in [1.29, 1.82) is 0 Å². The average Bonchev–Trinajstić information content (AvgIpc) is 3.22. The van der Waals surface area contributed by atoms with E-state index in [9.17, 15) is 0 Å². The summed E-state index contributed by atoms with van der Waals surface area (Å²) in [6.45, 7) is 5.72. The molecule has 110 valence electrons. The Morgan fingerprint density at radius 2 is 1.95 bits per heavy atom. The molecular formula is C17H26N2S. The van der Waals surface area contributed by atoms with E-state index in [1.807, 2.05) is 0 Å². The second-order valence-corrected chi connectivity index (χ2v) is 6.77. The molecule has 0 aromatic heterocycles. The molecule has 1 aromatic rings. The SMILES string of the molecule is CC(C)CCN(C1CC1)C(CC(N)=S)c1ccccc1. The van der Waals surface area contributed by atoms with E-state index in [0.29, 0.717) is 11.0 Å². The Morgan fingerprint density at radius 1 is 1.30 bits per heavy atom. The molecule has 2 rings (SSSR count). The normalized spacial score (nSPS) is 16.6. The van der Waals surface area contributed by atoms with Gasteiger partial charge in [0.05, 0.1) is 4.99 Å². The number of hydrogen-bond acceptors (Lipinski definition) is 2. The number of benzene rings is 1. The third-order valence-electron chi connectivity index (χ3n) is 3.96. The predicted octanol–water partition coefficient (Wildman–Crippen LogP) is 3.91. The summed E-state index contributed by atoms with van der Waals surface area (Å²) in [6, 6.07) is 11.8. The number of rotatable bonds is 8. The Hall–Kier alpha value is -0.930. The fraction of sp³-hybridized carbons (Fsp3) is 0.588. The average molecular weight is 290 g/mol. The monoisotopic (exact) mass is 290 g/mol. The molecule has 20 heavy (non-hydrogen) atoms. The van der Waals surface area contributed by atoms with E-state index in [4.69, 9.17) is 18.0 Å². The molecule has 0 saturated heterocycles. The van der Waals surface area contributed by atoms with Crippen LogP contribution in [0.1, 0.15) is 51.1 Å². The maximum Gasteiger partial charge on any atom is 0.0746 e. The maximum atomic E-state index is 5.85. The Bertz CT molecular complexity index is 426. The first-order valence-electron chi connectivity index (χ1n) is 7.67. The molecule has 1 unspecified atom stereocenters. The largest absolute Gasteiger partial charge is 0.393 e. The van der Waals surface area contributed by atoms with Crippen LogP contribution in [0.5, 0.6) is 0 Å². The summed E-state index contributed by atoms with van der Waals surface area (Å²) in [7, 11) is 0. The van der Waals surface area contributed by atoms with Gasteiger partial charge in [-0.05, 0) is 37.3 Å². The van der Waals surface area contributed by atoms with Crippen molar-refractivity contribution in [3.05, 3.63) is 35.9 Å². The fourth-order valence-corrected chi connectivity index (χ4v) is 2.86. The van der Waals surface area contributed by atoms with Gasteiger partial charge in [-0.15, -0.1) is 0 Å². The van der Waals surface area contributed by atoms with Crippen molar-refractivity contribution >= 4 is 17.2 Å². The molecule has 2 nitrogen and oxygen atoms in total. The van der Waals surface area contributed by atoms with Gasteiger partial charge in [-0.3, -0.25) is 4.90 Å². The van der Waals surface area contributed by atoms with E-state index in [0.717, 1.165) is 24.9 Å². The minimum Gasteiger partial charge on any atom is -0.393 e. The third kappa shape index (κ3) is 4.57. The quantitative estimate of drug-likeness (QED) is 0.736. The van der Waals surface area contributed by atoms with Gasteiger partial charge in [-0.2, -0.15) is 0 Å². The van der Waals surface area contributed by atoms with Gasteiger partial charge in [0.2, 0.25) is 0 Å². The van der Waals surface area contributed by atoms with Crippen LogP contribution in [-0.4, -0.2) is 22.5 Å². The Labute approximate surface area is 128 Å². The number of thiocarbonyl (C=S) groups is 1. The molecule has 2 N–H and O–H groups in total. The van der Waals surface area contributed by atoms with Crippen LogP contribution < -0.4 is 5.73 Å². The Kier molecular flexibility index (Phi) is 5.55. The van der Waals surface area contributed by atoms with Crippen LogP contribution in [0, 0.1) is 5.92 Å². The van der Waals surface area contributed by atoms with Gasteiger partial charge in [0.1, 0.15) is 0 Å². The molecule has 0 radical (unpaired) electrons. The van der Waals surface area contributed by atoms with E-state index >= 15 is 0 Å².